The highest BCUT2D eigenvalue weighted by Gasteiger charge is 2.23. The molecule has 4 aromatic rings. The number of fused-ring (bicyclic) bond motifs is 1. The van der Waals surface area contributed by atoms with Crippen molar-refractivity contribution in [2.24, 2.45) is 0 Å². The number of nitrogens with one attached hydrogen (secondary N) is 1. The quantitative estimate of drug-likeness (QED) is 0.520. The first-order valence-electron chi connectivity index (χ1n) is 9.15. The van der Waals surface area contributed by atoms with Gasteiger partial charge < -0.3 is 14.5 Å². The van der Waals surface area contributed by atoms with E-state index in [1.165, 1.54) is 0 Å². The maximum atomic E-state index is 13.1. The highest BCUT2D eigenvalue weighted by Crippen LogP contribution is 2.30. The van der Waals surface area contributed by atoms with Gasteiger partial charge in [-0.1, -0.05) is 60.7 Å². The molecule has 0 unspecified atom stereocenters. The zero-order valence-corrected chi connectivity index (χ0v) is 15.8. The molecule has 1 aromatic heterocycles. The van der Waals surface area contributed by atoms with Crippen LogP contribution in [0.25, 0.3) is 11.0 Å². The van der Waals surface area contributed by atoms with Gasteiger partial charge in [0.15, 0.2) is 5.76 Å². The van der Waals surface area contributed by atoms with Crippen LogP contribution in [-0.4, -0.2) is 13.0 Å². The fourth-order valence-electron chi connectivity index (χ4n) is 3.39. The van der Waals surface area contributed by atoms with E-state index in [9.17, 15) is 4.79 Å². The van der Waals surface area contributed by atoms with Crippen molar-refractivity contribution in [3.8, 4) is 5.75 Å². The summed E-state index contributed by atoms with van der Waals surface area (Å²) in [4.78, 5) is 13.1. The smallest absolute Gasteiger partial charge is 0.288 e. The average molecular weight is 371 g/mol. The average Bonchev–Trinajstić information content (AvgIpc) is 3.09. The molecular weight excluding hydrogens is 350 g/mol. The fourth-order valence-corrected chi connectivity index (χ4v) is 3.39. The van der Waals surface area contributed by atoms with Crippen molar-refractivity contribution >= 4 is 16.9 Å². The molecule has 1 N–H and O–H groups in total. The molecule has 0 fully saturated rings. The molecule has 0 atom stereocenters. The van der Waals surface area contributed by atoms with E-state index >= 15 is 0 Å². The Kier molecular flexibility index (Phi) is 4.85. The van der Waals surface area contributed by atoms with Gasteiger partial charge in [-0.25, -0.2) is 0 Å². The topological polar surface area (TPSA) is 51.5 Å². The highest BCUT2D eigenvalue weighted by atomic mass is 16.5. The Hall–Kier alpha value is -3.53. The van der Waals surface area contributed by atoms with Gasteiger partial charge in [-0.05, 0) is 36.2 Å². The normalized spacial score (nSPS) is 11.0. The molecule has 0 saturated carbocycles. The Labute approximate surface area is 163 Å². The number of carbonyl (C=O) groups excluding carboxylic acids is 1. The van der Waals surface area contributed by atoms with E-state index in [1.54, 1.807) is 7.11 Å². The standard InChI is InChI=1S/C24H21NO3/c1-16-20-15-19(27-2)13-14-21(20)28-23(16)24(26)25-22(17-9-5-3-6-10-17)18-11-7-4-8-12-18/h3-15,22H,1-2H3,(H,25,26). The Morgan fingerprint density at radius 2 is 1.54 bits per heavy atom. The van der Waals surface area contributed by atoms with E-state index in [4.69, 9.17) is 9.15 Å². The van der Waals surface area contributed by atoms with Crippen LogP contribution in [0.2, 0.25) is 0 Å². The molecule has 0 spiro atoms. The molecule has 4 nitrogen and oxygen atoms in total. The number of hydrogen-bond acceptors (Lipinski definition) is 3. The number of methoxy groups -OCH3 is 1. The van der Waals surface area contributed by atoms with Gasteiger partial charge in [0.05, 0.1) is 13.2 Å². The monoisotopic (exact) mass is 371 g/mol. The van der Waals surface area contributed by atoms with E-state index in [0.29, 0.717) is 11.3 Å². The third-order valence-electron chi connectivity index (χ3n) is 4.89. The van der Waals surface area contributed by atoms with Gasteiger partial charge in [-0.15, -0.1) is 0 Å². The van der Waals surface area contributed by atoms with Crippen molar-refractivity contribution in [3.63, 3.8) is 0 Å². The summed E-state index contributed by atoms with van der Waals surface area (Å²) in [5.41, 5.74) is 3.49. The van der Waals surface area contributed by atoms with Crippen molar-refractivity contribution in [2.45, 2.75) is 13.0 Å². The summed E-state index contributed by atoms with van der Waals surface area (Å²) in [7, 11) is 1.62. The van der Waals surface area contributed by atoms with E-state index in [0.717, 1.165) is 27.8 Å². The van der Waals surface area contributed by atoms with Crippen molar-refractivity contribution in [2.75, 3.05) is 7.11 Å². The fraction of sp³-hybridized carbons (Fsp3) is 0.125. The first kappa shape index (κ1) is 17.9. The van der Waals surface area contributed by atoms with Crippen LogP contribution in [0.1, 0.15) is 33.3 Å². The first-order valence-corrected chi connectivity index (χ1v) is 9.15. The second-order valence-electron chi connectivity index (χ2n) is 6.65. The zero-order valence-electron chi connectivity index (χ0n) is 15.8. The van der Waals surface area contributed by atoms with Gasteiger partial charge in [0.2, 0.25) is 0 Å². The minimum absolute atomic E-state index is 0.245. The van der Waals surface area contributed by atoms with Crippen LogP contribution >= 0.6 is 0 Å². The van der Waals surface area contributed by atoms with Crippen LogP contribution in [-0.2, 0) is 0 Å². The van der Waals surface area contributed by atoms with Crippen LogP contribution < -0.4 is 10.1 Å². The maximum Gasteiger partial charge on any atom is 0.288 e. The van der Waals surface area contributed by atoms with Crippen LogP contribution in [0.3, 0.4) is 0 Å². The number of hydrogen-bond donors (Lipinski definition) is 1. The SMILES string of the molecule is COc1ccc2oc(C(=O)NC(c3ccccc3)c3ccccc3)c(C)c2c1. The Morgan fingerprint density at radius 3 is 2.11 bits per heavy atom. The predicted octanol–water partition coefficient (Wildman–Crippen LogP) is 5.27. The number of rotatable bonds is 5. The van der Waals surface area contributed by atoms with Gasteiger partial charge in [0, 0.05) is 10.9 Å². The summed E-state index contributed by atoms with van der Waals surface area (Å²) in [6.45, 7) is 1.89. The van der Waals surface area contributed by atoms with E-state index in [-0.39, 0.29) is 11.9 Å². The number of ether oxygens (including phenoxy) is 1. The number of benzene rings is 3. The largest absolute Gasteiger partial charge is 0.497 e. The summed E-state index contributed by atoms with van der Waals surface area (Å²) < 4.78 is 11.2. The molecular formula is C24H21NO3. The molecule has 0 aliphatic rings. The Bertz CT molecular complexity index is 1060. The predicted molar refractivity (Wildman–Crippen MR) is 110 cm³/mol. The van der Waals surface area contributed by atoms with Gasteiger partial charge >= 0.3 is 0 Å². The molecule has 4 heteroatoms. The summed E-state index contributed by atoms with van der Waals surface area (Å²) in [6.07, 6.45) is 0. The van der Waals surface area contributed by atoms with Crippen molar-refractivity contribution < 1.29 is 13.9 Å². The lowest BCUT2D eigenvalue weighted by Gasteiger charge is -2.19. The number of aryl methyl sites for hydroxylation is 1. The lowest BCUT2D eigenvalue weighted by molar-refractivity contribution is 0.0916. The van der Waals surface area contributed by atoms with Gasteiger partial charge in [-0.3, -0.25) is 4.79 Å². The molecule has 4 rings (SSSR count). The molecule has 1 heterocycles. The molecule has 0 radical (unpaired) electrons. The third-order valence-corrected chi connectivity index (χ3v) is 4.89. The Morgan fingerprint density at radius 1 is 0.929 bits per heavy atom. The van der Waals surface area contributed by atoms with Crippen LogP contribution in [0, 0.1) is 6.92 Å². The molecule has 0 aliphatic carbocycles. The summed E-state index contributed by atoms with van der Waals surface area (Å²) >= 11 is 0. The first-order chi connectivity index (χ1) is 13.7. The van der Waals surface area contributed by atoms with E-state index in [2.05, 4.69) is 5.32 Å². The van der Waals surface area contributed by atoms with Crippen LogP contribution in [0.5, 0.6) is 5.75 Å². The highest BCUT2D eigenvalue weighted by molar-refractivity contribution is 5.99. The van der Waals surface area contributed by atoms with Crippen LogP contribution in [0.4, 0.5) is 0 Å². The van der Waals surface area contributed by atoms with Gasteiger partial charge in [0.1, 0.15) is 11.3 Å². The van der Waals surface area contributed by atoms with Gasteiger partial charge in [0.25, 0.3) is 5.91 Å². The lowest BCUT2D eigenvalue weighted by atomic mass is 9.98. The lowest BCUT2D eigenvalue weighted by Crippen LogP contribution is -2.29. The van der Waals surface area contributed by atoms with Crippen LogP contribution in [0.15, 0.2) is 83.3 Å². The van der Waals surface area contributed by atoms with Gasteiger partial charge in [-0.2, -0.15) is 0 Å². The van der Waals surface area contributed by atoms with Crippen molar-refractivity contribution in [1.82, 2.24) is 5.32 Å². The molecule has 0 aliphatic heterocycles. The number of amides is 1. The molecule has 1 amide bonds. The minimum Gasteiger partial charge on any atom is -0.497 e. The van der Waals surface area contributed by atoms with Crippen molar-refractivity contribution in [3.05, 3.63) is 101 Å². The summed E-state index contributed by atoms with van der Waals surface area (Å²) in [5, 5.41) is 4.01. The molecule has 28 heavy (non-hydrogen) atoms. The number of carbonyl (C=O) groups is 1. The maximum absolute atomic E-state index is 13.1. The molecule has 140 valence electrons. The molecule has 3 aromatic carbocycles. The zero-order chi connectivity index (χ0) is 19.5. The summed E-state index contributed by atoms with van der Waals surface area (Å²) in [6, 6.07) is 25.1. The van der Waals surface area contributed by atoms with E-state index < -0.39 is 0 Å². The Balaban J connectivity index is 1.70. The molecule has 0 bridgehead atoms. The second-order valence-corrected chi connectivity index (χ2v) is 6.65. The number of furan rings is 1. The summed E-state index contributed by atoms with van der Waals surface area (Å²) in [5.74, 6) is 0.806. The third kappa shape index (κ3) is 3.37. The minimum atomic E-state index is -0.267. The molecule has 0 saturated heterocycles. The second kappa shape index (κ2) is 7.61. The van der Waals surface area contributed by atoms with E-state index in [1.807, 2.05) is 85.8 Å². The van der Waals surface area contributed by atoms with Crippen molar-refractivity contribution in [1.29, 1.82) is 0 Å².